The van der Waals surface area contributed by atoms with Crippen LogP contribution in [0.1, 0.15) is 23.4 Å². The van der Waals surface area contributed by atoms with Gasteiger partial charge in [0.2, 0.25) is 0 Å². The molecule has 19 heavy (non-hydrogen) atoms. The lowest BCUT2D eigenvalue weighted by Crippen LogP contribution is -2.31. The molecule has 2 rings (SSSR count). The number of carbonyl (C=O) groups is 1. The molecule has 0 aromatic carbocycles. The maximum Gasteiger partial charge on any atom is 0.347 e. The molecule has 0 bridgehead atoms. The predicted octanol–water partition coefficient (Wildman–Crippen LogP) is 0.524. The summed E-state index contributed by atoms with van der Waals surface area (Å²) in [7, 11) is 0. The number of ether oxygens (including phenoxy) is 1. The van der Waals surface area contributed by atoms with Crippen LogP contribution >= 0.6 is 0 Å². The Balaban J connectivity index is 2.36. The van der Waals surface area contributed by atoms with E-state index in [0.717, 1.165) is 13.0 Å². The number of carboxylic acids is 1. The first-order chi connectivity index (χ1) is 8.99. The fourth-order valence-corrected chi connectivity index (χ4v) is 2.45. The van der Waals surface area contributed by atoms with Crippen molar-refractivity contribution in [3.8, 4) is 0 Å². The second-order valence-electron chi connectivity index (χ2n) is 4.95. The van der Waals surface area contributed by atoms with Gasteiger partial charge in [-0.2, -0.15) is 4.98 Å². The van der Waals surface area contributed by atoms with E-state index in [2.05, 4.69) is 4.98 Å². The normalized spacial score (nSPS) is 18.7. The Morgan fingerprint density at radius 2 is 2.26 bits per heavy atom. The number of aliphatic carboxylic acids is 1. The minimum atomic E-state index is -0.914. The second-order valence-corrected chi connectivity index (χ2v) is 4.95. The Kier molecular flexibility index (Phi) is 3.99. The molecule has 6 nitrogen and oxygen atoms in total. The molecule has 1 atom stereocenters. The lowest BCUT2D eigenvalue weighted by atomic mass is 10.1. The molecule has 0 amide bonds. The number of hydrogen-bond acceptors (Lipinski definition) is 4. The van der Waals surface area contributed by atoms with E-state index in [4.69, 9.17) is 9.84 Å². The summed E-state index contributed by atoms with van der Waals surface area (Å²) in [6.45, 7) is 5.37. The first-order valence-electron chi connectivity index (χ1n) is 6.35. The number of hydrogen-bond donors (Lipinski definition) is 1. The fraction of sp³-hybridized carbons (Fsp3) is 0.615. The summed E-state index contributed by atoms with van der Waals surface area (Å²) >= 11 is 0. The molecule has 0 spiro atoms. The van der Waals surface area contributed by atoms with E-state index in [9.17, 15) is 9.59 Å². The third-order valence-electron chi connectivity index (χ3n) is 3.57. The first-order valence-corrected chi connectivity index (χ1v) is 6.35. The minimum Gasteiger partial charge on any atom is -0.481 e. The zero-order chi connectivity index (χ0) is 14.0. The molecule has 2 heterocycles. The van der Waals surface area contributed by atoms with Crippen LogP contribution in [0.3, 0.4) is 0 Å². The van der Waals surface area contributed by atoms with Crippen LogP contribution in [0.4, 0.5) is 0 Å². The molecular weight excluding hydrogens is 248 g/mol. The lowest BCUT2D eigenvalue weighted by molar-refractivity contribution is -0.136. The van der Waals surface area contributed by atoms with Gasteiger partial charge in [0, 0.05) is 36.0 Å². The number of carboxylic acid groups (broad SMARTS) is 1. The van der Waals surface area contributed by atoms with Crippen molar-refractivity contribution in [2.24, 2.45) is 5.92 Å². The van der Waals surface area contributed by atoms with Gasteiger partial charge in [-0.1, -0.05) is 0 Å². The number of nitrogens with zero attached hydrogens (tertiary/aromatic N) is 2. The van der Waals surface area contributed by atoms with E-state index >= 15 is 0 Å². The SMILES string of the molecule is Cc1nc(=O)n(CC2CCOC2)c(C)c1CC(=O)O. The topological polar surface area (TPSA) is 81.4 Å². The molecule has 1 aliphatic heterocycles. The zero-order valence-corrected chi connectivity index (χ0v) is 11.2. The third-order valence-corrected chi connectivity index (χ3v) is 3.57. The Morgan fingerprint density at radius 3 is 2.84 bits per heavy atom. The van der Waals surface area contributed by atoms with E-state index < -0.39 is 5.97 Å². The van der Waals surface area contributed by atoms with Crippen LogP contribution < -0.4 is 5.69 Å². The molecule has 1 aliphatic rings. The highest BCUT2D eigenvalue weighted by Gasteiger charge is 2.20. The average molecular weight is 266 g/mol. The molecule has 0 saturated carbocycles. The van der Waals surface area contributed by atoms with Crippen LogP contribution in [0.15, 0.2) is 4.79 Å². The average Bonchev–Trinajstić information content (AvgIpc) is 2.82. The summed E-state index contributed by atoms with van der Waals surface area (Å²) in [6.07, 6.45) is 0.820. The standard InChI is InChI=1S/C13H18N2O4/c1-8-11(5-12(16)17)9(2)15(13(18)14-8)6-10-3-4-19-7-10/h10H,3-7H2,1-2H3,(H,16,17). The minimum absolute atomic E-state index is 0.105. The smallest absolute Gasteiger partial charge is 0.347 e. The predicted molar refractivity (Wildman–Crippen MR) is 68.2 cm³/mol. The van der Waals surface area contributed by atoms with E-state index in [0.29, 0.717) is 36.0 Å². The number of rotatable bonds is 4. The molecule has 1 saturated heterocycles. The highest BCUT2D eigenvalue weighted by atomic mass is 16.5. The van der Waals surface area contributed by atoms with Crippen molar-refractivity contribution in [1.29, 1.82) is 0 Å². The van der Waals surface area contributed by atoms with Crippen molar-refractivity contribution >= 4 is 5.97 Å². The van der Waals surface area contributed by atoms with E-state index in [1.807, 2.05) is 0 Å². The van der Waals surface area contributed by atoms with Crippen molar-refractivity contribution < 1.29 is 14.6 Å². The summed E-state index contributed by atoms with van der Waals surface area (Å²) in [5.74, 6) is -0.610. The largest absolute Gasteiger partial charge is 0.481 e. The molecule has 0 aliphatic carbocycles. The summed E-state index contributed by atoms with van der Waals surface area (Å²) in [4.78, 5) is 26.8. The van der Waals surface area contributed by atoms with Crippen LogP contribution in [-0.4, -0.2) is 33.8 Å². The van der Waals surface area contributed by atoms with Gasteiger partial charge in [-0.25, -0.2) is 4.79 Å². The summed E-state index contributed by atoms with van der Waals surface area (Å²) in [5, 5.41) is 8.93. The van der Waals surface area contributed by atoms with E-state index in [1.165, 1.54) is 0 Å². The van der Waals surface area contributed by atoms with E-state index in [1.54, 1.807) is 18.4 Å². The highest BCUT2D eigenvalue weighted by Crippen LogP contribution is 2.17. The van der Waals surface area contributed by atoms with Crippen LogP contribution in [0.25, 0.3) is 0 Å². The highest BCUT2D eigenvalue weighted by molar-refractivity contribution is 5.70. The summed E-state index contributed by atoms with van der Waals surface area (Å²) in [5.41, 5.74) is 1.53. The first kappa shape index (κ1) is 13.7. The Labute approximate surface area is 111 Å². The van der Waals surface area contributed by atoms with Crippen molar-refractivity contribution in [1.82, 2.24) is 9.55 Å². The van der Waals surface area contributed by atoms with Gasteiger partial charge in [-0.15, -0.1) is 0 Å². The zero-order valence-electron chi connectivity index (χ0n) is 11.2. The summed E-state index contributed by atoms with van der Waals surface area (Å²) in [6, 6.07) is 0. The van der Waals surface area contributed by atoms with Crippen LogP contribution in [0.2, 0.25) is 0 Å². The molecule has 1 aromatic heterocycles. The van der Waals surface area contributed by atoms with Gasteiger partial charge >= 0.3 is 11.7 Å². The molecule has 1 N–H and O–H groups in total. The second kappa shape index (κ2) is 5.52. The molecule has 0 radical (unpaired) electrons. The summed E-state index contributed by atoms with van der Waals surface area (Å²) < 4.78 is 6.87. The third kappa shape index (κ3) is 3.01. The molecule has 1 aromatic rings. The molecule has 1 unspecified atom stereocenters. The quantitative estimate of drug-likeness (QED) is 0.859. The van der Waals surface area contributed by atoms with Gasteiger partial charge in [-0.05, 0) is 20.3 Å². The van der Waals surface area contributed by atoms with Gasteiger partial charge in [0.1, 0.15) is 0 Å². The Morgan fingerprint density at radius 1 is 1.53 bits per heavy atom. The number of aromatic nitrogens is 2. The maximum absolute atomic E-state index is 12.0. The van der Waals surface area contributed by atoms with Crippen molar-refractivity contribution in [2.75, 3.05) is 13.2 Å². The van der Waals surface area contributed by atoms with Crippen molar-refractivity contribution in [3.63, 3.8) is 0 Å². The van der Waals surface area contributed by atoms with Crippen LogP contribution in [0, 0.1) is 19.8 Å². The van der Waals surface area contributed by atoms with Crippen LogP contribution in [0.5, 0.6) is 0 Å². The Hall–Kier alpha value is -1.69. The molecule has 6 heteroatoms. The fourth-order valence-electron chi connectivity index (χ4n) is 2.45. The van der Waals surface area contributed by atoms with Crippen molar-refractivity contribution in [3.05, 3.63) is 27.4 Å². The van der Waals surface area contributed by atoms with Gasteiger partial charge in [-0.3, -0.25) is 9.36 Å². The van der Waals surface area contributed by atoms with Crippen LogP contribution in [-0.2, 0) is 22.5 Å². The maximum atomic E-state index is 12.0. The van der Waals surface area contributed by atoms with Gasteiger partial charge in [0.15, 0.2) is 0 Å². The lowest BCUT2D eigenvalue weighted by Gasteiger charge is -2.16. The molecule has 104 valence electrons. The van der Waals surface area contributed by atoms with E-state index in [-0.39, 0.29) is 12.1 Å². The van der Waals surface area contributed by atoms with Crippen molar-refractivity contribution in [2.45, 2.75) is 33.2 Å². The van der Waals surface area contributed by atoms with Gasteiger partial charge in [0.05, 0.1) is 13.0 Å². The number of aryl methyl sites for hydroxylation is 1. The molecule has 1 fully saturated rings. The Bertz CT molecular complexity index is 544. The molecular formula is C13H18N2O4. The van der Waals surface area contributed by atoms with Gasteiger partial charge in [0.25, 0.3) is 0 Å². The monoisotopic (exact) mass is 266 g/mol. The van der Waals surface area contributed by atoms with Gasteiger partial charge < -0.3 is 9.84 Å².